The van der Waals surface area contributed by atoms with Crippen LogP contribution in [-0.4, -0.2) is 20.8 Å². The summed E-state index contributed by atoms with van der Waals surface area (Å²) in [6.07, 6.45) is 0. The molecular weight excluding hydrogens is 268 g/mol. The Bertz CT molecular complexity index is 689. The summed E-state index contributed by atoms with van der Waals surface area (Å²) in [5, 5.41) is 16.8. The Hall–Kier alpha value is -2.50. The number of aromatic hydroxyl groups is 1. The highest BCUT2D eigenvalue weighted by molar-refractivity contribution is 6.05. The predicted octanol–water partition coefficient (Wildman–Crippen LogP) is 2.62. The number of amides is 1. The number of phenols is 1. The van der Waals surface area contributed by atoms with Crippen LogP contribution in [0.3, 0.4) is 0 Å². The molecule has 1 heterocycles. The second kappa shape index (κ2) is 5.47. The van der Waals surface area contributed by atoms with Crippen LogP contribution in [0, 0.1) is 13.8 Å². The molecule has 6 nitrogen and oxygen atoms in total. The summed E-state index contributed by atoms with van der Waals surface area (Å²) in [6, 6.07) is 4.64. The largest absolute Gasteiger partial charge is 0.506 e. The van der Waals surface area contributed by atoms with E-state index in [2.05, 4.69) is 10.4 Å². The molecular formula is C15H20N4O2. The molecule has 0 bridgehead atoms. The molecule has 1 aromatic heterocycles. The summed E-state index contributed by atoms with van der Waals surface area (Å²) in [6.45, 7) is 7.82. The molecule has 0 fully saturated rings. The van der Waals surface area contributed by atoms with Gasteiger partial charge in [0.05, 0.1) is 22.8 Å². The van der Waals surface area contributed by atoms with Crippen LogP contribution in [0.25, 0.3) is 0 Å². The maximum atomic E-state index is 12.3. The van der Waals surface area contributed by atoms with Crippen molar-refractivity contribution >= 4 is 17.3 Å². The number of aromatic nitrogens is 2. The molecule has 0 aliphatic rings. The van der Waals surface area contributed by atoms with Crippen molar-refractivity contribution in [1.82, 2.24) is 9.78 Å². The maximum absolute atomic E-state index is 12.3. The average molecular weight is 288 g/mol. The van der Waals surface area contributed by atoms with Gasteiger partial charge in [0.15, 0.2) is 0 Å². The van der Waals surface area contributed by atoms with Crippen molar-refractivity contribution in [3.05, 3.63) is 35.2 Å². The molecule has 21 heavy (non-hydrogen) atoms. The summed E-state index contributed by atoms with van der Waals surface area (Å²) in [5.41, 5.74) is 8.47. The van der Waals surface area contributed by atoms with Gasteiger partial charge < -0.3 is 16.2 Å². The molecule has 0 aliphatic heterocycles. The van der Waals surface area contributed by atoms with Gasteiger partial charge in [0, 0.05) is 11.6 Å². The Balaban J connectivity index is 2.29. The van der Waals surface area contributed by atoms with Crippen LogP contribution in [0.4, 0.5) is 11.4 Å². The lowest BCUT2D eigenvalue weighted by Crippen LogP contribution is -2.13. The first kappa shape index (κ1) is 14.9. The molecule has 0 spiro atoms. The molecule has 0 saturated heterocycles. The Morgan fingerprint density at radius 1 is 1.38 bits per heavy atom. The zero-order valence-electron chi connectivity index (χ0n) is 12.6. The van der Waals surface area contributed by atoms with E-state index in [0.29, 0.717) is 11.3 Å². The summed E-state index contributed by atoms with van der Waals surface area (Å²) in [4.78, 5) is 12.3. The number of hydrogen-bond donors (Lipinski definition) is 3. The van der Waals surface area contributed by atoms with Gasteiger partial charge in [-0.05, 0) is 45.9 Å². The van der Waals surface area contributed by atoms with Crippen molar-refractivity contribution in [2.45, 2.75) is 33.7 Å². The number of hydrogen-bond acceptors (Lipinski definition) is 4. The smallest absolute Gasteiger partial charge is 0.255 e. The molecule has 2 aromatic rings. The zero-order chi connectivity index (χ0) is 15.7. The lowest BCUT2D eigenvalue weighted by molar-refractivity contribution is 0.102. The van der Waals surface area contributed by atoms with E-state index in [9.17, 15) is 9.90 Å². The van der Waals surface area contributed by atoms with Gasteiger partial charge in [0.25, 0.3) is 5.91 Å². The number of rotatable bonds is 3. The first-order chi connectivity index (χ1) is 9.81. The Morgan fingerprint density at radius 3 is 2.57 bits per heavy atom. The van der Waals surface area contributed by atoms with Gasteiger partial charge in [-0.25, -0.2) is 0 Å². The molecule has 0 saturated carbocycles. The van der Waals surface area contributed by atoms with E-state index in [1.54, 1.807) is 6.07 Å². The first-order valence-electron chi connectivity index (χ1n) is 6.76. The fourth-order valence-electron chi connectivity index (χ4n) is 2.22. The molecule has 1 amide bonds. The number of aryl methyl sites for hydroxylation is 1. The third-order valence-corrected chi connectivity index (χ3v) is 3.35. The average Bonchev–Trinajstić information content (AvgIpc) is 2.70. The molecule has 112 valence electrons. The van der Waals surface area contributed by atoms with E-state index < -0.39 is 0 Å². The van der Waals surface area contributed by atoms with Crippen LogP contribution >= 0.6 is 0 Å². The first-order valence-corrected chi connectivity index (χ1v) is 6.76. The van der Waals surface area contributed by atoms with Crippen molar-refractivity contribution in [3.63, 3.8) is 0 Å². The van der Waals surface area contributed by atoms with Gasteiger partial charge in [0.1, 0.15) is 5.75 Å². The summed E-state index contributed by atoms with van der Waals surface area (Å²) in [5.74, 6) is -0.409. The summed E-state index contributed by atoms with van der Waals surface area (Å²) < 4.78 is 1.87. The van der Waals surface area contributed by atoms with E-state index in [4.69, 9.17) is 5.73 Å². The third kappa shape index (κ3) is 2.84. The van der Waals surface area contributed by atoms with E-state index in [1.165, 1.54) is 12.1 Å². The van der Waals surface area contributed by atoms with Crippen LogP contribution in [0.5, 0.6) is 5.75 Å². The molecule has 0 atom stereocenters. The topological polar surface area (TPSA) is 93.2 Å². The highest BCUT2D eigenvalue weighted by Gasteiger charge is 2.17. The SMILES string of the molecule is Cc1nn(C(C)C)c(C)c1NC(=O)c1ccc(N)c(O)c1. The quantitative estimate of drug-likeness (QED) is 0.598. The number of carbonyl (C=O) groups is 1. The highest BCUT2D eigenvalue weighted by Crippen LogP contribution is 2.25. The van der Waals surface area contributed by atoms with Crippen LogP contribution in [0.1, 0.15) is 41.6 Å². The van der Waals surface area contributed by atoms with Crippen molar-refractivity contribution < 1.29 is 9.90 Å². The molecule has 0 radical (unpaired) electrons. The fraction of sp³-hybridized carbons (Fsp3) is 0.333. The number of nitrogens with one attached hydrogen (secondary N) is 1. The number of benzene rings is 1. The maximum Gasteiger partial charge on any atom is 0.255 e. The number of nitrogens with zero attached hydrogens (tertiary/aromatic N) is 2. The minimum absolute atomic E-state index is 0.103. The van der Waals surface area contributed by atoms with Crippen molar-refractivity contribution in [2.24, 2.45) is 0 Å². The van der Waals surface area contributed by atoms with Gasteiger partial charge >= 0.3 is 0 Å². The van der Waals surface area contributed by atoms with Crippen molar-refractivity contribution in [1.29, 1.82) is 0 Å². The zero-order valence-corrected chi connectivity index (χ0v) is 12.6. The van der Waals surface area contributed by atoms with Crippen LogP contribution < -0.4 is 11.1 Å². The van der Waals surface area contributed by atoms with Gasteiger partial charge in [-0.1, -0.05) is 0 Å². The fourth-order valence-corrected chi connectivity index (χ4v) is 2.22. The van der Waals surface area contributed by atoms with E-state index in [1.807, 2.05) is 32.4 Å². The minimum Gasteiger partial charge on any atom is -0.506 e. The number of nitrogen functional groups attached to an aromatic ring is 1. The molecule has 0 unspecified atom stereocenters. The lowest BCUT2D eigenvalue weighted by Gasteiger charge is -2.10. The van der Waals surface area contributed by atoms with Gasteiger partial charge in [-0.2, -0.15) is 5.10 Å². The predicted molar refractivity (Wildman–Crippen MR) is 82.6 cm³/mol. The van der Waals surface area contributed by atoms with Gasteiger partial charge in [0.2, 0.25) is 0 Å². The highest BCUT2D eigenvalue weighted by atomic mass is 16.3. The molecule has 1 aromatic carbocycles. The standard InChI is InChI=1S/C15H20N4O2/c1-8(2)19-10(4)14(9(3)18-19)17-15(21)11-5-6-12(16)13(20)7-11/h5-8,20H,16H2,1-4H3,(H,17,21). The van der Waals surface area contributed by atoms with E-state index in [-0.39, 0.29) is 23.4 Å². The number of carbonyl (C=O) groups excluding carboxylic acids is 1. The minimum atomic E-state index is -0.306. The lowest BCUT2D eigenvalue weighted by atomic mass is 10.1. The summed E-state index contributed by atoms with van der Waals surface area (Å²) in [7, 11) is 0. The molecule has 4 N–H and O–H groups in total. The Labute approximate surface area is 123 Å². The third-order valence-electron chi connectivity index (χ3n) is 3.35. The van der Waals surface area contributed by atoms with Gasteiger partial charge in [-0.15, -0.1) is 0 Å². The number of phenolic OH excluding ortho intramolecular Hbond substituents is 1. The molecule has 6 heteroatoms. The Morgan fingerprint density at radius 2 is 2.05 bits per heavy atom. The Kier molecular flexibility index (Phi) is 3.88. The van der Waals surface area contributed by atoms with E-state index >= 15 is 0 Å². The molecule has 2 rings (SSSR count). The van der Waals surface area contributed by atoms with Crippen LogP contribution in [0.15, 0.2) is 18.2 Å². The normalized spacial score (nSPS) is 10.9. The van der Waals surface area contributed by atoms with Gasteiger partial charge in [-0.3, -0.25) is 9.48 Å². The van der Waals surface area contributed by atoms with Crippen molar-refractivity contribution in [2.75, 3.05) is 11.1 Å². The monoisotopic (exact) mass is 288 g/mol. The number of anilines is 2. The number of nitrogens with two attached hydrogens (primary N) is 1. The second-order valence-corrected chi connectivity index (χ2v) is 5.31. The molecule has 0 aliphatic carbocycles. The second-order valence-electron chi connectivity index (χ2n) is 5.31. The van der Waals surface area contributed by atoms with E-state index in [0.717, 1.165) is 11.4 Å². The van der Waals surface area contributed by atoms with Crippen molar-refractivity contribution in [3.8, 4) is 5.75 Å². The van der Waals surface area contributed by atoms with Crippen LogP contribution in [0.2, 0.25) is 0 Å². The summed E-state index contributed by atoms with van der Waals surface area (Å²) >= 11 is 0. The van der Waals surface area contributed by atoms with Crippen LogP contribution in [-0.2, 0) is 0 Å².